The second-order valence-corrected chi connectivity index (χ2v) is 5.06. The highest BCUT2D eigenvalue weighted by atomic mass is 32.1. The van der Waals surface area contributed by atoms with E-state index in [1.807, 2.05) is 6.92 Å². The van der Waals surface area contributed by atoms with Crippen LogP contribution in [0.2, 0.25) is 0 Å². The van der Waals surface area contributed by atoms with Gasteiger partial charge in [0.2, 0.25) is 0 Å². The summed E-state index contributed by atoms with van der Waals surface area (Å²) >= 11 is 0.994. The third kappa shape index (κ3) is 2.51. The van der Waals surface area contributed by atoms with E-state index in [0.29, 0.717) is 12.1 Å². The van der Waals surface area contributed by atoms with E-state index in [0.717, 1.165) is 30.8 Å². The van der Waals surface area contributed by atoms with Gasteiger partial charge in [0, 0.05) is 30.6 Å². The van der Waals surface area contributed by atoms with E-state index in [9.17, 15) is 14.9 Å². The average molecular weight is 269 g/mol. The van der Waals surface area contributed by atoms with Crippen LogP contribution >= 0.6 is 11.3 Å². The van der Waals surface area contributed by atoms with Crippen molar-refractivity contribution < 1.29 is 9.72 Å². The molecule has 7 heteroatoms. The van der Waals surface area contributed by atoms with E-state index >= 15 is 0 Å². The molecule has 0 saturated carbocycles. The van der Waals surface area contributed by atoms with Crippen molar-refractivity contribution in [2.45, 2.75) is 19.4 Å². The SMILES string of the molecule is CCN(C(=O)c1csc([N+](=O)[O-])c1)C1CCNC1. The normalized spacial score (nSPS) is 18.8. The minimum absolute atomic E-state index is 0.0129. The maximum Gasteiger partial charge on any atom is 0.324 e. The molecule has 18 heavy (non-hydrogen) atoms. The Morgan fingerprint density at radius 2 is 2.50 bits per heavy atom. The molecule has 1 aliphatic rings. The molecule has 1 saturated heterocycles. The summed E-state index contributed by atoms with van der Waals surface area (Å²) in [6, 6.07) is 1.55. The summed E-state index contributed by atoms with van der Waals surface area (Å²) in [5, 5.41) is 15.4. The number of likely N-dealkylation sites (N-methyl/N-ethyl adjacent to an activating group) is 1. The first-order chi connectivity index (χ1) is 8.63. The fourth-order valence-electron chi connectivity index (χ4n) is 2.17. The molecule has 1 aromatic rings. The maximum atomic E-state index is 12.3. The summed E-state index contributed by atoms with van der Waals surface area (Å²) in [4.78, 5) is 24.2. The van der Waals surface area contributed by atoms with Crippen LogP contribution in [0.25, 0.3) is 0 Å². The van der Waals surface area contributed by atoms with Crippen LogP contribution in [-0.2, 0) is 0 Å². The third-order valence-electron chi connectivity index (χ3n) is 3.09. The lowest BCUT2D eigenvalue weighted by Gasteiger charge is -2.26. The summed E-state index contributed by atoms with van der Waals surface area (Å²) in [6.45, 7) is 4.26. The van der Waals surface area contributed by atoms with Crippen molar-refractivity contribution in [3.05, 3.63) is 27.1 Å². The quantitative estimate of drug-likeness (QED) is 0.663. The molecule has 6 nitrogen and oxygen atoms in total. The molecule has 1 amide bonds. The number of rotatable bonds is 4. The standard InChI is InChI=1S/C11H15N3O3S/c1-2-13(9-3-4-12-6-9)11(15)8-5-10(14(16)17)18-7-8/h5,7,9,12H,2-4,6H2,1H3. The smallest absolute Gasteiger partial charge is 0.324 e. The minimum atomic E-state index is -0.463. The molecule has 2 heterocycles. The van der Waals surface area contributed by atoms with Gasteiger partial charge in [-0.15, -0.1) is 0 Å². The Morgan fingerprint density at radius 1 is 1.72 bits per heavy atom. The summed E-state index contributed by atoms with van der Waals surface area (Å²) in [5.41, 5.74) is 0.417. The van der Waals surface area contributed by atoms with Gasteiger partial charge in [-0.1, -0.05) is 11.3 Å². The van der Waals surface area contributed by atoms with E-state index < -0.39 is 4.92 Å². The van der Waals surface area contributed by atoms with E-state index in [2.05, 4.69) is 5.32 Å². The lowest BCUT2D eigenvalue weighted by molar-refractivity contribution is -0.380. The van der Waals surface area contributed by atoms with Gasteiger partial charge in [-0.05, 0) is 19.9 Å². The zero-order valence-electron chi connectivity index (χ0n) is 10.1. The molecule has 1 aliphatic heterocycles. The van der Waals surface area contributed by atoms with Crippen molar-refractivity contribution in [3.63, 3.8) is 0 Å². The van der Waals surface area contributed by atoms with E-state index in [4.69, 9.17) is 0 Å². The highest BCUT2D eigenvalue weighted by Crippen LogP contribution is 2.24. The van der Waals surface area contributed by atoms with Crippen molar-refractivity contribution in [2.75, 3.05) is 19.6 Å². The first-order valence-electron chi connectivity index (χ1n) is 5.88. The first kappa shape index (κ1) is 13.0. The van der Waals surface area contributed by atoms with Gasteiger partial charge in [-0.25, -0.2) is 0 Å². The Bertz CT molecular complexity index is 454. The molecular formula is C11H15N3O3S. The summed E-state index contributed by atoms with van der Waals surface area (Å²) in [7, 11) is 0. The molecule has 0 aromatic carbocycles. The van der Waals surface area contributed by atoms with Crippen molar-refractivity contribution in [1.29, 1.82) is 0 Å². The van der Waals surface area contributed by atoms with E-state index in [1.165, 1.54) is 6.07 Å². The van der Waals surface area contributed by atoms with Gasteiger partial charge in [0.1, 0.15) is 0 Å². The van der Waals surface area contributed by atoms with Gasteiger partial charge in [-0.2, -0.15) is 0 Å². The lowest BCUT2D eigenvalue weighted by Crippen LogP contribution is -2.41. The van der Waals surface area contributed by atoms with Gasteiger partial charge in [0.25, 0.3) is 5.91 Å². The molecule has 0 bridgehead atoms. The summed E-state index contributed by atoms with van der Waals surface area (Å²) in [6.07, 6.45) is 0.936. The molecule has 1 atom stereocenters. The maximum absolute atomic E-state index is 12.3. The molecule has 1 aromatic heterocycles. The molecule has 98 valence electrons. The molecular weight excluding hydrogens is 254 g/mol. The zero-order chi connectivity index (χ0) is 13.1. The number of carbonyl (C=O) groups excluding carboxylic acids is 1. The Kier molecular flexibility index (Phi) is 3.93. The Balaban J connectivity index is 2.14. The van der Waals surface area contributed by atoms with Gasteiger partial charge < -0.3 is 10.2 Å². The van der Waals surface area contributed by atoms with Crippen molar-refractivity contribution in [2.24, 2.45) is 0 Å². The fraction of sp³-hybridized carbons (Fsp3) is 0.545. The topological polar surface area (TPSA) is 75.5 Å². The molecule has 0 spiro atoms. The minimum Gasteiger partial charge on any atom is -0.335 e. The Hall–Kier alpha value is -1.47. The van der Waals surface area contributed by atoms with E-state index in [-0.39, 0.29) is 17.0 Å². The van der Waals surface area contributed by atoms with Gasteiger partial charge in [-0.3, -0.25) is 14.9 Å². The van der Waals surface area contributed by atoms with Crippen molar-refractivity contribution in [1.82, 2.24) is 10.2 Å². The van der Waals surface area contributed by atoms with Crippen LogP contribution in [0.5, 0.6) is 0 Å². The number of nitrogens with zero attached hydrogens (tertiary/aromatic N) is 2. The molecule has 1 unspecified atom stereocenters. The average Bonchev–Trinajstić information content (AvgIpc) is 3.01. The molecule has 1 fully saturated rings. The first-order valence-corrected chi connectivity index (χ1v) is 6.76. The van der Waals surface area contributed by atoms with Gasteiger partial charge in [0.15, 0.2) is 0 Å². The van der Waals surface area contributed by atoms with E-state index in [1.54, 1.807) is 10.3 Å². The largest absolute Gasteiger partial charge is 0.335 e. The Labute approximate surface area is 109 Å². The van der Waals surface area contributed by atoms with Crippen molar-refractivity contribution in [3.8, 4) is 0 Å². The van der Waals surface area contributed by atoms with Crippen LogP contribution in [0.15, 0.2) is 11.4 Å². The number of hydrogen-bond donors (Lipinski definition) is 1. The number of thiophene rings is 1. The van der Waals surface area contributed by atoms with Crippen LogP contribution < -0.4 is 5.32 Å². The molecule has 0 aliphatic carbocycles. The van der Waals surface area contributed by atoms with Gasteiger partial charge in [0.05, 0.1) is 10.5 Å². The predicted octanol–water partition coefficient (Wildman–Crippen LogP) is 1.48. The second-order valence-electron chi connectivity index (χ2n) is 4.17. The molecule has 0 radical (unpaired) electrons. The second kappa shape index (κ2) is 5.45. The zero-order valence-corrected chi connectivity index (χ0v) is 10.9. The van der Waals surface area contributed by atoms with Crippen LogP contribution in [0.3, 0.4) is 0 Å². The van der Waals surface area contributed by atoms with Crippen LogP contribution in [0.1, 0.15) is 23.7 Å². The fourth-order valence-corrected chi connectivity index (χ4v) is 2.87. The summed E-state index contributed by atoms with van der Waals surface area (Å²) < 4.78 is 0. The lowest BCUT2D eigenvalue weighted by atomic mass is 10.2. The highest BCUT2D eigenvalue weighted by molar-refractivity contribution is 7.13. The highest BCUT2D eigenvalue weighted by Gasteiger charge is 2.27. The van der Waals surface area contributed by atoms with Crippen LogP contribution in [0.4, 0.5) is 5.00 Å². The molecule has 1 N–H and O–H groups in total. The summed E-state index contributed by atoms with van der Waals surface area (Å²) in [5.74, 6) is -0.115. The third-order valence-corrected chi connectivity index (χ3v) is 3.97. The number of nitrogens with one attached hydrogen (secondary N) is 1. The molecule has 2 rings (SSSR count). The number of carbonyl (C=O) groups is 1. The van der Waals surface area contributed by atoms with Crippen LogP contribution in [0, 0.1) is 10.1 Å². The number of amides is 1. The van der Waals surface area contributed by atoms with Crippen LogP contribution in [-0.4, -0.2) is 41.4 Å². The monoisotopic (exact) mass is 269 g/mol. The predicted molar refractivity (Wildman–Crippen MR) is 69.0 cm³/mol. The Morgan fingerprint density at radius 3 is 3.00 bits per heavy atom. The van der Waals surface area contributed by atoms with Crippen molar-refractivity contribution >= 4 is 22.2 Å². The van der Waals surface area contributed by atoms with Gasteiger partial charge >= 0.3 is 5.00 Å². The number of nitro groups is 1. The number of hydrogen-bond acceptors (Lipinski definition) is 5.